The van der Waals surface area contributed by atoms with Gasteiger partial charge in [-0.25, -0.2) is 4.98 Å². The lowest BCUT2D eigenvalue weighted by atomic mass is 9.65. The summed E-state index contributed by atoms with van der Waals surface area (Å²) in [5.41, 5.74) is -0.315. The molecule has 1 aliphatic carbocycles. The summed E-state index contributed by atoms with van der Waals surface area (Å²) in [6, 6.07) is 11.7. The summed E-state index contributed by atoms with van der Waals surface area (Å²) in [5, 5.41) is 12.0. The first-order valence-corrected chi connectivity index (χ1v) is 12.8. The highest BCUT2D eigenvalue weighted by Crippen LogP contribution is 2.51. The van der Waals surface area contributed by atoms with Crippen molar-refractivity contribution in [3.8, 4) is 0 Å². The monoisotopic (exact) mass is 464 g/mol. The molecule has 5 rings (SSSR count). The molecule has 1 spiro atoms. The number of hydrogen-bond donors (Lipinski definition) is 1. The Morgan fingerprint density at radius 1 is 1.00 bits per heavy atom. The zero-order valence-electron chi connectivity index (χ0n) is 20.0. The molecule has 34 heavy (non-hydrogen) atoms. The van der Waals surface area contributed by atoms with E-state index in [1.54, 1.807) is 17.0 Å². The highest BCUT2D eigenvalue weighted by molar-refractivity contribution is 5.76. The van der Waals surface area contributed by atoms with Crippen LogP contribution in [0.3, 0.4) is 0 Å². The first-order chi connectivity index (χ1) is 16.5. The fourth-order valence-corrected chi connectivity index (χ4v) is 6.30. The van der Waals surface area contributed by atoms with Gasteiger partial charge in [-0.15, -0.1) is 0 Å². The molecule has 1 N–H and O–H groups in total. The normalized spacial score (nSPS) is 24.1. The van der Waals surface area contributed by atoms with E-state index in [1.165, 1.54) is 5.56 Å². The zero-order valence-corrected chi connectivity index (χ0v) is 20.0. The molecule has 0 bridgehead atoms. The van der Waals surface area contributed by atoms with Crippen LogP contribution in [0.5, 0.6) is 0 Å². The van der Waals surface area contributed by atoms with Crippen molar-refractivity contribution in [2.24, 2.45) is 5.41 Å². The number of anilines is 1. The molecule has 182 valence electrons. The Hall–Kier alpha value is -2.67. The predicted octanol–water partition coefficient (Wildman–Crippen LogP) is 3.00. The number of aliphatic hydroxyl groups is 1. The summed E-state index contributed by atoms with van der Waals surface area (Å²) in [4.78, 5) is 34.7. The zero-order chi connectivity index (χ0) is 23.6. The maximum absolute atomic E-state index is 13.1. The molecule has 2 saturated heterocycles. The van der Waals surface area contributed by atoms with Gasteiger partial charge in [0.15, 0.2) is 0 Å². The van der Waals surface area contributed by atoms with Gasteiger partial charge in [-0.3, -0.25) is 14.2 Å². The lowest BCUT2D eigenvalue weighted by Crippen LogP contribution is -2.62. The molecule has 3 aliphatic rings. The van der Waals surface area contributed by atoms with Crippen LogP contribution in [0.4, 0.5) is 5.82 Å². The molecule has 1 aromatic heterocycles. The van der Waals surface area contributed by atoms with Crippen LogP contribution in [-0.4, -0.2) is 57.2 Å². The van der Waals surface area contributed by atoms with Crippen LogP contribution < -0.4 is 10.5 Å². The van der Waals surface area contributed by atoms with Crippen LogP contribution in [0, 0.1) is 5.41 Å². The first-order valence-electron chi connectivity index (χ1n) is 12.8. The molecule has 1 atom stereocenters. The molecule has 7 nitrogen and oxygen atoms in total. The standard InChI is InChI=1S/C27H36N4O3/c32-24(11-10-22-8-2-1-3-9-22)30-17-14-27(34,26(19-30)12-4-5-13-26)20-31-21-28-23(18-25(31)33)29-15-6-7-16-29/h1-3,8-9,18,21,34H,4-7,10-17,19-20H2. The minimum Gasteiger partial charge on any atom is -0.387 e. The van der Waals surface area contributed by atoms with Gasteiger partial charge in [0.25, 0.3) is 5.56 Å². The van der Waals surface area contributed by atoms with Gasteiger partial charge in [-0.05, 0) is 44.1 Å². The number of hydrogen-bond acceptors (Lipinski definition) is 5. The minimum absolute atomic E-state index is 0.111. The van der Waals surface area contributed by atoms with Crippen LogP contribution >= 0.6 is 0 Å². The largest absolute Gasteiger partial charge is 0.387 e. The van der Waals surface area contributed by atoms with Gasteiger partial charge in [-0.1, -0.05) is 43.2 Å². The van der Waals surface area contributed by atoms with Crippen LogP contribution in [0.25, 0.3) is 0 Å². The third kappa shape index (κ3) is 4.50. The molecule has 1 saturated carbocycles. The average molecular weight is 465 g/mol. The fourth-order valence-electron chi connectivity index (χ4n) is 6.30. The Kier molecular flexibility index (Phi) is 6.47. The highest BCUT2D eigenvalue weighted by atomic mass is 16.3. The van der Waals surface area contributed by atoms with E-state index in [1.807, 2.05) is 23.1 Å². The van der Waals surface area contributed by atoms with Gasteiger partial charge >= 0.3 is 0 Å². The third-order valence-corrected chi connectivity index (χ3v) is 8.39. The number of rotatable bonds is 6. The van der Waals surface area contributed by atoms with Crippen molar-refractivity contribution in [3.05, 3.63) is 58.6 Å². The van der Waals surface area contributed by atoms with Crippen molar-refractivity contribution in [2.45, 2.75) is 69.9 Å². The Morgan fingerprint density at radius 2 is 1.74 bits per heavy atom. The van der Waals surface area contributed by atoms with E-state index in [0.29, 0.717) is 25.9 Å². The summed E-state index contributed by atoms with van der Waals surface area (Å²) in [5.74, 6) is 0.895. The molecule has 2 aromatic rings. The number of piperidine rings is 1. The van der Waals surface area contributed by atoms with Crippen LogP contribution in [-0.2, 0) is 17.8 Å². The van der Waals surface area contributed by atoms with Gasteiger partial charge in [-0.2, -0.15) is 0 Å². The Bertz CT molecular complexity index is 1060. The maximum atomic E-state index is 13.1. The van der Waals surface area contributed by atoms with Crippen molar-refractivity contribution in [2.75, 3.05) is 31.1 Å². The number of nitrogens with zero attached hydrogens (tertiary/aromatic N) is 4. The molecule has 0 radical (unpaired) electrons. The van der Waals surface area contributed by atoms with Crippen molar-refractivity contribution in [1.29, 1.82) is 0 Å². The van der Waals surface area contributed by atoms with E-state index in [-0.39, 0.29) is 23.4 Å². The summed E-state index contributed by atoms with van der Waals surface area (Å²) in [6.45, 7) is 3.23. The lowest BCUT2D eigenvalue weighted by Gasteiger charge is -2.52. The van der Waals surface area contributed by atoms with Gasteiger partial charge in [0.05, 0.1) is 18.5 Å². The lowest BCUT2D eigenvalue weighted by molar-refractivity contribution is -0.160. The molecule has 2 aliphatic heterocycles. The van der Waals surface area contributed by atoms with Crippen LogP contribution in [0.2, 0.25) is 0 Å². The molecular weight excluding hydrogens is 428 g/mol. The third-order valence-electron chi connectivity index (χ3n) is 8.39. The number of likely N-dealkylation sites (tertiary alicyclic amines) is 1. The van der Waals surface area contributed by atoms with Crippen molar-refractivity contribution >= 4 is 11.7 Å². The van der Waals surface area contributed by atoms with Crippen molar-refractivity contribution in [3.63, 3.8) is 0 Å². The predicted molar refractivity (Wildman–Crippen MR) is 132 cm³/mol. The number of carbonyl (C=O) groups excluding carboxylic acids is 1. The summed E-state index contributed by atoms with van der Waals surface area (Å²) in [6.07, 6.45) is 9.46. The van der Waals surface area contributed by atoms with Gasteiger partial charge < -0.3 is 14.9 Å². The van der Waals surface area contributed by atoms with E-state index in [4.69, 9.17) is 0 Å². The van der Waals surface area contributed by atoms with Gasteiger partial charge in [0.1, 0.15) is 5.82 Å². The van der Waals surface area contributed by atoms with Crippen molar-refractivity contribution < 1.29 is 9.90 Å². The molecule has 1 aromatic carbocycles. The molecule has 1 unspecified atom stereocenters. The molecule has 7 heteroatoms. The summed E-state index contributed by atoms with van der Waals surface area (Å²) in [7, 11) is 0. The summed E-state index contributed by atoms with van der Waals surface area (Å²) < 4.78 is 1.58. The average Bonchev–Trinajstić information content (AvgIpc) is 3.55. The molecule has 3 fully saturated rings. The maximum Gasteiger partial charge on any atom is 0.255 e. The summed E-state index contributed by atoms with van der Waals surface area (Å²) >= 11 is 0. The van der Waals surface area contributed by atoms with Gasteiger partial charge in [0, 0.05) is 44.1 Å². The topological polar surface area (TPSA) is 78.7 Å². The van der Waals surface area contributed by atoms with Crippen LogP contribution in [0.15, 0.2) is 47.5 Å². The Labute approximate surface area is 201 Å². The quantitative estimate of drug-likeness (QED) is 0.711. The number of aryl methyl sites for hydroxylation is 1. The first kappa shape index (κ1) is 23.1. The smallest absolute Gasteiger partial charge is 0.255 e. The van der Waals surface area contributed by atoms with E-state index < -0.39 is 5.60 Å². The molecule has 3 heterocycles. The molecule has 1 amide bonds. The van der Waals surface area contributed by atoms with Gasteiger partial charge in [0.2, 0.25) is 5.91 Å². The second-order valence-electron chi connectivity index (χ2n) is 10.5. The van der Waals surface area contributed by atoms with Crippen LogP contribution in [0.1, 0.15) is 56.9 Å². The van der Waals surface area contributed by atoms with E-state index in [0.717, 1.165) is 63.9 Å². The Balaban J connectivity index is 1.29. The second kappa shape index (κ2) is 9.53. The fraction of sp³-hybridized carbons (Fsp3) is 0.593. The van der Waals surface area contributed by atoms with E-state index in [2.05, 4.69) is 22.0 Å². The minimum atomic E-state index is -1.01. The Morgan fingerprint density at radius 3 is 2.44 bits per heavy atom. The number of benzene rings is 1. The highest BCUT2D eigenvalue weighted by Gasteiger charge is 2.55. The van der Waals surface area contributed by atoms with E-state index >= 15 is 0 Å². The van der Waals surface area contributed by atoms with Crippen molar-refractivity contribution in [1.82, 2.24) is 14.5 Å². The number of amides is 1. The number of aromatic nitrogens is 2. The number of carbonyl (C=O) groups is 1. The SMILES string of the molecule is O=C(CCc1ccccc1)N1CCC(O)(Cn2cnc(N3CCCC3)cc2=O)C2(CCCC2)C1. The second-order valence-corrected chi connectivity index (χ2v) is 10.5. The van der Waals surface area contributed by atoms with E-state index in [9.17, 15) is 14.7 Å². The molecular formula is C27H36N4O3.